The van der Waals surface area contributed by atoms with Crippen LogP contribution < -0.4 is 10.2 Å². The number of piperidine rings is 1. The summed E-state index contributed by atoms with van der Waals surface area (Å²) in [7, 11) is 0. The van der Waals surface area contributed by atoms with Crippen LogP contribution in [-0.2, 0) is 14.3 Å². The fourth-order valence-corrected chi connectivity index (χ4v) is 5.37. The van der Waals surface area contributed by atoms with Crippen molar-refractivity contribution in [3.8, 4) is 0 Å². The zero-order valence-corrected chi connectivity index (χ0v) is 23.3. The summed E-state index contributed by atoms with van der Waals surface area (Å²) in [6.45, 7) is 7.63. The Morgan fingerprint density at radius 2 is 1.82 bits per heavy atom. The van der Waals surface area contributed by atoms with E-state index in [-0.39, 0.29) is 24.8 Å². The SMILES string of the molecule is CCOC(=O)c1ccc(NC(=O)C[C@H]2C(=O)N(c3cccc(Cl)c3)C(=S)N2CCN2CCC(C)CC2)cc1. The molecule has 0 spiro atoms. The predicted octanol–water partition coefficient (Wildman–Crippen LogP) is 4.58. The minimum Gasteiger partial charge on any atom is -0.462 e. The van der Waals surface area contributed by atoms with Crippen molar-refractivity contribution in [3.05, 3.63) is 59.1 Å². The minimum absolute atomic E-state index is 0.0628. The quantitative estimate of drug-likeness (QED) is 0.357. The van der Waals surface area contributed by atoms with Crippen molar-refractivity contribution >= 4 is 58.1 Å². The van der Waals surface area contributed by atoms with Gasteiger partial charge < -0.3 is 19.9 Å². The van der Waals surface area contributed by atoms with Crippen LogP contribution in [0.15, 0.2) is 48.5 Å². The van der Waals surface area contributed by atoms with Gasteiger partial charge in [0.05, 0.1) is 24.3 Å². The van der Waals surface area contributed by atoms with Crippen molar-refractivity contribution in [3.63, 3.8) is 0 Å². The highest BCUT2D eigenvalue weighted by molar-refractivity contribution is 7.80. The number of nitrogens with zero attached hydrogens (tertiary/aromatic N) is 3. The van der Waals surface area contributed by atoms with Crippen molar-refractivity contribution in [1.29, 1.82) is 0 Å². The Labute approximate surface area is 233 Å². The van der Waals surface area contributed by atoms with Crippen molar-refractivity contribution in [2.24, 2.45) is 5.92 Å². The van der Waals surface area contributed by atoms with Gasteiger partial charge in [-0.2, -0.15) is 0 Å². The summed E-state index contributed by atoms with van der Waals surface area (Å²) >= 11 is 12.0. The molecule has 0 radical (unpaired) electrons. The van der Waals surface area contributed by atoms with Crippen LogP contribution in [0.2, 0.25) is 5.02 Å². The van der Waals surface area contributed by atoms with E-state index in [1.54, 1.807) is 55.5 Å². The number of carbonyl (C=O) groups is 3. The first-order valence-corrected chi connectivity index (χ1v) is 13.7. The van der Waals surface area contributed by atoms with Gasteiger partial charge in [-0.15, -0.1) is 0 Å². The maximum Gasteiger partial charge on any atom is 0.338 e. The number of hydrogen-bond acceptors (Lipinski definition) is 6. The number of hydrogen-bond donors (Lipinski definition) is 1. The molecule has 2 aromatic carbocycles. The zero-order chi connectivity index (χ0) is 27.2. The highest BCUT2D eigenvalue weighted by Crippen LogP contribution is 2.29. The molecule has 0 aromatic heterocycles. The van der Waals surface area contributed by atoms with Crippen LogP contribution >= 0.6 is 23.8 Å². The maximum atomic E-state index is 13.6. The molecular formula is C28H33ClN4O4S. The first-order chi connectivity index (χ1) is 18.3. The highest BCUT2D eigenvalue weighted by Gasteiger charge is 2.44. The monoisotopic (exact) mass is 556 g/mol. The maximum absolute atomic E-state index is 13.6. The molecule has 0 saturated carbocycles. The third kappa shape index (κ3) is 6.70. The normalized spacial score (nSPS) is 18.7. The predicted molar refractivity (Wildman–Crippen MR) is 153 cm³/mol. The van der Waals surface area contributed by atoms with E-state index in [2.05, 4.69) is 17.1 Å². The van der Waals surface area contributed by atoms with Gasteiger partial charge in [0.15, 0.2) is 5.11 Å². The van der Waals surface area contributed by atoms with Gasteiger partial charge in [0.1, 0.15) is 6.04 Å². The Kier molecular flexibility index (Phi) is 9.35. The van der Waals surface area contributed by atoms with Crippen molar-refractivity contribution in [2.75, 3.05) is 43.0 Å². The minimum atomic E-state index is -0.732. The summed E-state index contributed by atoms with van der Waals surface area (Å²) in [5, 5.41) is 3.71. The van der Waals surface area contributed by atoms with Crippen molar-refractivity contribution in [2.45, 2.75) is 39.2 Å². The van der Waals surface area contributed by atoms with Gasteiger partial charge in [0.2, 0.25) is 5.91 Å². The molecule has 1 atom stereocenters. The van der Waals surface area contributed by atoms with Crippen LogP contribution in [-0.4, -0.2) is 71.5 Å². The van der Waals surface area contributed by atoms with E-state index >= 15 is 0 Å². The lowest BCUT2D eigenvalue weighted by molar-refractivity contribution is -0.124. The Morgan fingerprint density at radius 3 is 2.47 bits per heavy atom. The van der Waals surface area contributed by atoms with Crippen LogP contribution in [0.25, 0.3) is 0 Å². The summed E-state index contributed by atoms with van der Waals surface area (Å²) in [4.78, 5) is 44.3. The number of amides is 2. The summed E-state index contributed by atoms with van der Waals surface area (Å²) in [6.07, 6.45) is 2.24. The van der Waals surface area contributed by atoms with Crippen LogP contribution in [0.3, 0.4) is 0 Å². The number of benzene rings is 2. The molecule has 2 amide bonds. The van der Waals surface area contributed by atoms with E-state index in [1.807, 2.05) is 4.90 Å². The third-order valence-electron chi connectivity index (χ3n) is 6.98. The van der Waals surface area contributed by atoms with Crippen molar-refractivity contribution in [1.82, 2.24) is 9.80 Å². The molecule has 0 aliphatic carbocycles. The van der Waals surface area contributed by atoms with E-state index in [0.717, 1.165) is 38.4 Å². The third-order valence-corrected chi connectivity index (χ3v) is 7.63. The Bertz CT molecular complexity index is 1180. The van der Waals surface area contributed by atoms with Gasteiger partial charge in [-0.1, -0.05) is 24.6 Å². The largest absolute Gasteiger partial charge is 0.462 e. The van der Waals surface area contributed by atoms with E-state index < -0.39 is 12.0 Å². The standard InChI is InChI=1S/C28H33ClN4O4S/c1-3-37-27(36)20-7-9-22(10-8-20)30-25(34)18-24-26(35)33(23-6-4-5-21(29)17-23)28(38)32(24)16-15-31-13-11-19(2)12-14-31/h4-10,17,19,24H,3,11-16,18H2,1-2H3,(H,30,34)/t24-/m0/s1. The first kappa shape index (κ1) is 28.0. The van der Waals surface area contributed by atoms with Gasteiger partial charge >= 0.3 is 5.97 Å². The second-order valence-electron chi connectivity index (χ2n) is 9.72. The molecule has 202 valence electrons. The number of anilines is 2. The van der Waals surface area contributed by atoms with Crippen LogP contribution in [0.1, 0.15) is 43.5 Å². The fraction of sp³-hybridized carbons (Fsp3) is 0.429. The van der Waals surface area contributed by atoms with Gasteiger partial charge in [0.25, 0.3) is 5.91 Å². The van der Waals surface area contributed by atoms with Gasteiger partial charge in [-0.25, -0.2) is 4.79 Å². The molecule has 10 heteroatoms. The van der Waals surface area contributed by atoms with E-state index in [4.69, 9.17) is 28.6 Å². The Hall–Kier alpha value is -3.01. The number of nitrogens with one attached hydrogen (secondary N) is 1. The molecule has 38 heavy (non-hydrogen) atoms. The number of rotatable bonds is 9. The molecule has 4 rings (SSSR count). The molecule has 2 aromatic rings. The lowest BCUT2D eigenvalue weighted by atomic mass is 9.99. The molecule has 0 unspecified atom stereocenters. The topological polar surface area (TPSA) is 82.2 Å². The molecular weight excluding hydrogens is 524 g/mol. The average molecular weight is 557 g/mol. The van der Waals surface area contributed by atoms with Gasteiger partial charge in [-0.05, 0) is 93.5 Å². The van der Waals surface area contributed by atoms with Crippen LogP contribution in [0.5, 0.6) is 0 Å². The lowest BCUT2D eigenvalue weighted by Crippen LogP contribution is -2.44. The number of thiocarbonyl (C=S) groups is 1. The smallest absolute Gasteiger partial charge is 0.338 e. The zero-order valence-electron chi connectivity index (χ0n) is 21.7. The molecule has 2 aliphatic rings. The van der Waals surface area contributed by atoms with Gasteiger partial charge in [0, 0.05) is 23.8 Å². The summed E-state index contributed by atoms with van der Waals surface area (Å²) in [6, 6.07) is 12.7. The summed E-state index contributed by atoms with van der Waals surface area (Å²) in [5.74, 6) is -0.269. The summed E-state index contributed by atoms with van der Waals surface area (Å²) in [5.41, 5.74) is 1.51. The van der Waals surface area contributed by atoms with E-state index in [1.165, 1.54) is 4.90 Å². The Morgan fingerprint density at radius 1 is 1.11 bits per heavy atom. The molecule has 8 nitrogen and oxygen atoms in total. The van der Waals surface area contributed by atoms with Gasteiger partial charge in [-0.3, -0.25) is 14.5 Å². The number of halogens is 1. The van der Waals surface area contributed by atoms with Crippen LogP contribution in [0, 0.1) is 5.92 Å². The van der Waals surface area contributed by atoms with E-state index in [0.29, 0.717) is 33.6 Å². The lowest BCUT2D eigenvalue weighted by Gasteiger charge is -2.32. The molecule has 2 fully saturated rings. The van der Waals surface area contributed by atoms with E-state index in [9.17, 15) is 14.4 Å². The Balaban J connectivity index is 1.47. The number of likely N-dealkylation sites (tertiary alicyclic amines) is 1. The molecule has 2 aliphatic heterocycles. The molecule has 0 bridgehead atoms. The molecule has 2 saturated heterocycles. The van der Waals surface area contributed by atoms with Crippen molar-refractivity contribution < 1.29 is 19.1 Å². The molecule has 1 N–H and O–H groups in total. The average Bonchev–Trinajstić information content (AvgIpc) is 3.12. The number of esters is 1. The second kappa shape index (κ2) is 12.7. The fourth-order valence-electron chi connectivity index (χ4n) is 4.77. The van der Waals surface area contributed by atoms with Crippen LogP contribution in [0.4, 0.5) is 11.4 Å². The molecule has 2 heterocycles. The number of carbonyl (C=O) groups excluding carboxylic acids is 3. The highest BCUT2D eigenvalue weighted by atomic mass is 35.5. The first-order valence-electron chi connectivity index (χ1n) is 13.0. The number of ether oxygens (including phenoxy) is 1. The summed E-state index contributed by atoms with van der Waals surface area (Å²) < 4.78 is 5.00. The second-order valence-corrected chi connectivity index (χ2v) is 10.5.